The van der Waals surface area contributed by atoms with Crippen molar-refractivity contribution < 1.29 is 4.42 Å². The van der Waals surface area contributed by atoms with Crippen molar-refractivity contribution in [3.8, 4) is 17.4 Å². The van der Waals surface area contributed by atoms with Crippen molar-refractivity contribution in [3.63, 3.8) is 0 Å². The van der Waals surface area contributed by atoms with Crippen molar-refractivity contribution in [3.05, 3.63) is 75.7 Å². The lowest BCUT2D eigenvalue weighted by molar-refractivity contribution is 0.581. The molecule has 134 valence electrons. The zero-order valence-corrected chi connectivity index (χ0v) is 14.8. The summed E-state index contributed by atoms with van der Waals surface area (Å²) in [5.74, 6) is 1.02. The summed E-state index contributed by atoms with van der Waals surface area (Å²) < 4.78 is 7.12. The molecule has 1 aromatic carbocycles. The molecule has 0 aliphatic carbocycles. The van der Waals surface area contributed by atoms with E-state index in [0.717, 1.165) is 29.7 Å². The molecule has 3 aromatic heterocycles. The highest BCUT2D eigenvalue weighted by Crippen LogP contribution is 2.25. The van der Waals surface area contributed by atoms with Gasteiger partial charge in [0, 0.05) is 17.5 Å². The van der Waals surface area contributed by atoms with Crippen LogP contribution in [0.4, 0.5) is 0 Å². The van der Waals surface area contributed by atoms with E-state index in [9.17, 15) is 4.79 Å². The average molecular weight is 359 g/mol. The van der Waals surface area contributed by atoms with E-state index < -0.39 is 0 Å². The van der Waals surface area contributed by atoms with Gasteiger partial charge >= 0.3 is 0 Å². The van der Waals surface area contributed by atoms with Crippen LogP contribution < -0.4 is 5.56 Å². The number of aryl methyl sites for hydroxylation is 1. The number of nitrogens with zero attached hydrogens (tertiary/aromatic N) is 4. The lowest BCUT2D eigenvalue weighted by Gasteiger charge is -2.10. The van der Waals surface area contributed by atoms with Crippen molar-refractivity contribution in [2.24, 2.45) is 0 Å². The third-order valence-corrected chi connectivity index (χ3v) is 4.52. The summed E-state index contributed by atoms with van der Waals surface area (Å²) >= 11 is 0. The summed E-state index contributed by atoms with van der Waals surface area (Å²) in [6.45, 7) is 2.07. The van der Waals surface area contributed by atoms with Crippen LogP contribution in [0.25, 0.3) is 17.1 Å². The first-order valence-electron chi connectivity index (χ1n) is 8.72. The number of fused-ring (bicyclic) bond motifs is 1. The zero-order valence-electron chi connectivity index (χ0n) is 14.8. The summed E-state index contributed by atoms with van der Waals surface area (Å²) in [6.07, 6.45) is 5.09. The molecule has 27 heavy (non-hydrogen) atoms. The van der Waals surface area contributed by atoms with E-state index in [0.29, 0.717) is 29.1 Å². The third-order valence-electron chi connectivity index (χ3n) is 4.52. The Bertz CT molecular complexity index is 1190. The van der Waals surface area contributed by atoms with E-state index in [1.165, 1.54) is 12.6 Å². The minimum atomic E-state index is -0.138. The van der Waals surface area contributed by atoms with Crippen LogP contribution >= 0.6 is 0 Å². The Hall–Kier alpha value is -3.66. The quantitative estimate of drug-likeness (QED) is 0.590. The van der Waals surface area contributed by atoms with Crippen LogP contribution in [0, 0.1) is 11.3 Å². The van der Waals surface area contributed by atoms with Gasteiger partial charge in [-0.3, -0.25) is 9.78 Å². The Morgan fingerprint density at radius 3 is 2.81 bits per heavy atom. The number of aromatic nitrogens is 4. The van der Waals surface area contributed by atoms with E-state index in [2.05, 4.69) is 28.1 Å². The first-order chi connectivity index (χ1) is 13.2. The minimum absolute atomic E-state index is 0.138. The molecule has 0 bridgehead atoms. The molecule has 0 aliphatic heterocycles. The maximum atomic E-state index is 12.6. The largest absolute Gasteiger partial charge is 0.463 e. The van der Waals surface area contributed by atoms with Gasteiger partial charge in [0.1, 0.15) is 12.4 Å². The highest BCUT2D eigenvalue weighted by atomic mass is 16.3. The molecule has 7 heteroatoms. The van der Waals surface area contributed by atoms with Gasteiger partial charge in [-0.1, -0.05) is 37.6 Å². The molecule has 0 spiro atoms. The third kappa shape index (κ3) is 3.02. The van der Waals surface area contributed by atoms with Crippen LogP contribution in [0.15, 0.2) is 52.1 Å². The smallest absolute Gasteiger partial charge is 0.256 e. The Morgan fingerprint density at radius 1 is 1.26 bits per heavy atom. The monoisotopic (exact) mass is 359 g/mol. The second kappa shape index (κ2) is 6.92. The fourth-order valence-corrected chi connectivity index (χ4v) is 3.24. The van der Waals surface area contributed by atoms with E-state index in [4.69, 9.17) is 9.68 Å². The van der Waals surface area contributed by atoms with Crippen molar-refractivity contribution in [2.75, 3.05) is 0 Å². The summed E-state index contributed by atoms with van der Waals surface area (Å²) in [4.78, 5) is 19.5. The van der Waals surface area contributed by atoms with Gasteiger partial charge in [0.25, 0.3) is 5.56 Å². The van der Waals surface area contributed by atoms with Crippen LogP contribution in [-0.4, -0.2) is 19.6 Å². The predicted octanol–water partition coefficient (Wildman–Crippen LogP) is 3.09. The second-order valence-electron chi connectivity index (χ2n) is 6.27. The lowest BCUT2D eigenvalue weighted by atomic mass is 10.0. The number of benzene rings is 1. The fraction of sp³-hybridized carbons (Fsp3) is 0.200. The van der Waals surface area contributed by atoms with Gasteiger partial charge < -0.3 is 4.42 Å². The maximum Gasteiger partial charge on any atom is 0.256 e. The molecule has 0 atom stereocenters. The van der Waals surface area contributed by atoms with Crippen molar-refractivity contribution in [2.45, 2.75) is 26.2 Å². The van der Waals surface area contributed by atoms with Crippen LogP contribution in [0.1, 0.15) is 35.7 Å². The number of nitrogens with one attached hydrogen (secondary N) is 1. The lowest BCUT2D eigenvalue weighted by Crippen LogP contribution is -2.20. The molecule has 0 saturated heterocycles. The minimum Gasteiger partial charge on any atom is -0.463 e. The molecule has 0 aliphatic rings. The number of H-pyrrole nitrogens is 1. The van der Waals surface area contributed by atoms with E-state index in [1.54, 1.807) is 10.6 Å². The normalized spacial score (nSPS) is 11.0. The Kier molecular flexibility index (Phi) is 4.30. The molecule has 0 fully saturated rings. The number of hydrogen-bond acceptors (Lipinski definition) is 5. The number of nitriles is 1. The van der Waals surface area contributed by atoms with Gasteiger partial charge in [0.2, 0.25) is 5.78 Å². The summed E-state index contributed by atoms with van der Waals surface area (Å²) in [7, 11) is 0. The van der Waals surface area contributed by atoms with E-state index >= 15 is 0 Å². The van der Waals surface area contributed by atoms with Crippen molar-refractivity contribution in [1.29, 1.82) is 5.26 Å². The average Bonchev–Trinajstić information content (AvgIpc) is 3.34. The summed E-state index contributed by atoms with van der Waals surface area (Å²) in [5, 5.41) is 13.4. The molecule has 0 radical (unpaired) electrons. The molecular formula is C20H17N5O2. The van der Waals surface area contributed by atoms with E-state index in [1.807, 2.05) is 24.3 Å². The molecular weight excluding hydrogens is 342 g/mol. The van der Waals surface area contributed by atoms with Gasteiger partial charge in [-0.25, -0.2) is 4.52 Å². The van der Waals surface area contributed by atoms with Gasteiger partial charge in [-0.15, -0.1) is 0 Å². The van der Waals surface area contributed by atoms with E-state index in [-0.39, 0.29) is 5.56 Å². The zero-order chi connectivity index (χ0) is 18.8. The van der Waals surface area contributed by atoms with Gasteiger partial charge in [-0.05, 0) is 18.1 Å². The number of rotatable bonds is 5. The standard InChI is InChI=1S/C20H17N5O2/c1-2-3-17-16(19(26)24-20-22-12-23-25(17)20)10-13-4-6-14(7-5-13)18-15(11-21)8-9-27-18/h4-9,12H,2-3,10H2,1H3,(H,22,23,24,26). The molecule has 0 amide bonds. The molecule has 1 N–H and O–H groups in total. The first kappa shape index (κ1) is 16.8. The van der Waals surface area contributed by atoms with Crippen LogP contribution in [0.2, 0.25) is 0 Å². The van der Waals surface area contributed by atoms with Crippen LogP contribution in [0.5, 0.6) is 0 Å². The molecule has 7 nitrogen and oxygen atoms in total. The predicted molar refractivity (Wildman–Crippen MR) is 99.3 cm³/mol. The van der Waals surface area contributed by atoms with Gasteiger partial charge in [-0.2, -0.15) is 15.3 Å². The van der Waals surface area contributed by atoms with Crippen molar-refractivity contribution in [1.82, 2.24) is 19.6 Å². The highest BCUT2D eigenvalue weighted by molar-refractivity contribution is 5.65. The molecule has 0 unspecified atom stereocenters. The maximum absolute atomic E-state index is 12.6. The van der Waals surface area contributed by atoms with Crippen LogP contribution in [-0.2, 0) is 12.8 Å². The highest BCUT2D eigenvalue weighted by Gasteiger charge is 2.15. The van der Waals surface area contributed by atoms with Gasteiger partial charge in [0.05, 0.1) is 17.5 Å². The Balaban J connectivity index is 1.70. The van der Waals surface area contributed by atoms with Crippen LogP contribution in [0.3, 0.4) is 0 Å². The Labute approximate surface area is 154 Å². The molecule has 0 saturated carbocycles. The Morgan fingerprint density at radius 2 is 2.07 bits per heavy atom. The SMILES string of the molecule is CCCc1c(Cc2ccc(-c3occc3C#N)cc2)c(=O)[nH]c2ncnn12. The van der Waals surface area contributed by atoms with Crippen molar-refractivity contribution >= 4 is 5.78 Å². The molecule has 4 rings (SSSR count). The molecule has 4 aromatic rings. The van der Waals surface area contributed by atoms with Gasteiger partial charge in [0.15, 0.2) is 5.76 Å². The summed E-state index contributed by atoms with van der Waals surface area (Å²) in [6, 6.07) is 11.5. The molecule has 3 heterocycles. The topological polar surface area (TPSA) is 100.0 Å². The summed E-state index contributed by atoms with van der Waals surface area (Å²) in [5.41, 5.74) is 3.76. The number of hydrogen-bond donors (Lipinski definition) is 1. The fourth-order valence-electron chi connectivity index (χ4n) is 3.24. The number of aromatic amines is 1. The number of furan rings is 1. The first-order valence-corrected chi connectivity index (χ1v) is 8.72. The second-order valence-corrected chi connectivity index (χ2v) is 6.27.